The van der Waals surface area contributed by atoms with Crippen molar-refractivity contribution in [3.05, 3.63) is 45.3 Å². The molecule has 2 unspecified atom stereocenters. The summed E-state index contributed by atoms with van der Waals surface area (Å²) in [7, 11) is -0.848. The Balaban J connectivity index is 2.22. The van der Waals surface area contributed by atoms with E-state index in [0.29, 0.717) is 11.8 Å². The van der Waals surface area contributed by atoms with E-state index in [1.54, 1.807) is 0 Å². The fourth-order valence-corrected chi connectivity index (χ4v) is 3.85. The summed E-state index contributed by atoms with van der Waals surface area (Å²) in [6.45, 7) is 4.34. The lowest BCUT2D eigenvalue weighted by molar-refractivity contribution is 0.693. The predicted molar refractivity (Wildman–Crippen MR) is 58.8 cm³/mol. The summed E-state index contributed by atoms with van der Waals surface area (Å²) in [5, 5.41) is 3.82. The Morgan fingerprint density at radius 1 is 1.14 bits per heavy atom. The number of hydrogen-bond donors (Lipinski definition) is 0. The van der Waals surface area contributed by atoms with Gasteiger partial charge in [0.1, 0.15) is 0 Å². The van der Waals surface area contributed by atoms with Gasteiger partial charge in [-0.05, 0) is 30.6 Å². The lowest BCUT2D eigenvalue weighted by Crippen LogP contribution is -1.95. The summed E-state index contributed by atoms with van der Waals surface area (Å²) in [6.07, 6.45) is 4.50. The molecule has 3 rings (SSSR count). The van der Waals surface area contributed by atoms with Crippen LogP contribution in [-0.4, -0.2) is 4.21 Å². The first-order valence-electron chi connectivity index (χ1n) is 4.87. The fraction of sp³-hybridized carbons (Fsp3) is 0.333. The quantitative estimate of drug-likeness (QED) is 0.554. The molecule has 2 atom stereocenters. The summed E-state index contributed by atoms with van der Waals surface area (Å²) < 4.78 is 11.4. The molecule has 0 aromatic heterocycles. The average Bonchev–Trinajstić information content (AvgIpc) is 2.69. The Kier molecular flexibility index (Phi) is 1.55. The van der Waals surface area contributed by atoms with Crippen molar-refractivity contribution in [2.45, 2.75) is 13.8 Å². The Morgan fingerprint density at radius 2 is 1.64 bits per heavy atom. The van der Waals surface area contributed by atoms with E-state index < -0.39 is 10.8 Å². The van der Waals surface area contributed by atoms with Gasteiger partial charge in [0.15, 0.2) is 0 Å². The normalized spacial score (nSPS) is 37.3. The van der Waals surface area contributed by atoms with Crippen molar-refractivity contribution in [2.75, 3.05) is 0 Å². The molecule has 3 aliphatic rings. The highest BCUT2D eigenvalue weighted by Crippen LogP contribution is 2.54. The topological polar surface area (TPSA) is 17.1 Å². The van der Waals surface area contributed by atoms with Crippen molar-refractivity contribution in [1.29, 1.82) is 0 Å². The highest BCUT2D eigenvalue weighted by atomic mass is 32.2. The van der Waals surface area contributed by atoms with Gasteiger partial charge in [0.05, 0.1) is 10.8 Å². The Hall–Kier alpha value is -0.890. The van der Waals surface area contributed by atoms with E-state index >= 15 is 0 Å². The highest BCUT2D eigenvalue weighted by molar-refractivity contribution is 7.91. The molecule has 0 aromatic rings. The minimum atomic E-state index is -0.848. The second kappa shape index (κ2) is 2.57. The van der Waals surface area contributed by atoms with Crippen molar-refractivity contribution in [1.82, 2.24) is 0 Å². The molecule has 2 bridgehead atoms. The van der Waals surface area contributed by atoms with Crippen LogP contribution >= 0.6 is 0 Å². The van der Waals surface area contributed by atoms with E-state index in [0.717, 1.165) is 0 Å². The van der Waals surface area contributed by atoms with Crippen LogP contribution < -0.4 is 0 Å². The van der Waals surface area contributed by atoms with E-state index in [9.17, 15) is 4.21 Å². The molecule has 72 valence electrons. The summed E-state index contributed by atoms with van der Waals surface area (Å²) in [6, 6.07) is 0. The monoisotopic (exact) mass is 204 g/mol. The first kappa shape index (κ1) is 8.42. The molecular weight excluding hydrogens is 192 g/mol. The van der Waals surface area contributed by atoms with Gasteiger partial charge in [-0.3, -0.25) is 4.21 Å². The first-order valence-corrected chi connectivity index (χ1v) is 6.15. The van der Waals surface area contributed by atoms with E-state index in [1.807, 2.05) is 10.8 Å². The maximum Gasteiger partial charge on any atom is 0.0708 e. The number of hydrogen-bond acceptors (Lipinski definition) is 1. The van der Waals surface area contributed by atoms with Crippen LogP contribution in [0.5, 0.6) is 0 Å². The van der Waals surface area contributed by atoms with Gasteiger partial charge >= 0.3 is 0 Å². The maximum absolute atomic E-state index is 11.4. The molecule has 14 heavy (non-hydrogen) atoms. The minimum absolute atomic E-state index is 0.433. The lowest BCUT2D eigenvalue weighted by Gasteiger charge is -2.06. The molecule has 1 saturated carbocycles. The highest BCUT2D eigenvalue weighted by Gasteiger charge is 2.42. The van der Waals surface area contributed by atoms with E-state index in [2.05, 4.69) is 26.0 Å². The third-order valence-electron chi connectivity index (χ3n) is 3.23. The lowest BCUT2D eigenvalue weighted by atomic mass is 9.98. The molecule has 2 aliphatic carbocycles. The van der Waals surface area contributed by atoms with Crippen LogP contribution in [0.15, 0.2) is 45.3 Å². The standard InChI is InChI=1S/C12H12OS/c1-7(2)12-8-3-4-9(12)11-6-14(13)5-10(8)11/h3-6,8-9H,1-2H3. The number of fused-ring (bicyclic) bond motifs is 5. The van der Waals surface area contributed by atoms with Crippen molar-refractivity contribution >= 4 is 10.8 Å². The predicted octanol–water partition coefficient (Wildman–Crippen LogP) is 2.67. The molecule has 0 amide bonds. The van der Waals surface area contributed by atoms with Crippen LogP contribution in [0.25, 0.3) is 0 Å². The second-order valence-electron chi connectivity index (χ2n) is 4.27. The van der Waals surface area contributed by atoms with Gasteiger partial charge in [-0.1, -0.05) is 17.7 Å². The van der Waals surface area contributed by atoms with Crippen LogP contribution in [0.2, 0.25) is 0 Å². The number of allylic oxidation sites excluding steroid dienone is 6. The van der Waals surface area contributed by atoms with Crippen molar-refractivity contribution in [3.8, 4) is 0 Å². The zero-order valence-corrected chi connectivity index (χ0v) is 9.10. The summed E-state index contributed by atoms with van der Waals surface area (Å²) >= 11 is 0. The van der Waals surface area contributed by atoms with Crippen LogP contribution in [0, 0.1) is 11.8 Å². The van der Waals surface area contributed by atoms with E-state index in [-0.39, 0.29) is 0 Å². The van der Waals surface area contributed by atoms with Crippen molar-refractivity contribution < 1.29 is 4.21 Å². The van der Waals surface area contributed by atoms with Crippen LogP contribution in [0.1, 0.15) is 13.8 Å². The molecule has 1 aliphatic heterocycles. The van der Waals surface area contributed by atoms with Gasteiger partial charge in [0.2, 0.25) is 0 Å². The van der Waals surface area contributed by atoms with Gasteiger partial charge in [-0.2, -0.15) is 0 Å². The van der Waals surface area contributed by atoms with Gasteiger partial charge in [-0.25, -0.2) is 0 Å². The molecule has 0 radical (unpaired) electrons. The molecule has 2 heteroatoms. The average molecular weight is 204 g/mol. The molecule has 0 spiro atoms. The Morgan fingerprint density at radius 3 is 2.07 bits per heavy atom. The zero-order chi connectivity index (χ0) is 9.87. The molecule has 0 N–H and O–H groups in total. The fourth-order valence-electron chi connectivity index (χ4n) is 2.71. The summed E-state index contributed by atoms with van der Waals surface area (Å²) in [4.78, 5) is 0. The molecule has 1 heterocycles. The van der Waals surface area contributed by atoms with Gasteiger partial charge < -0.3 is 0 Å². The smallest absolute Gasteiger partial charge is 0.0708 e. The maximum atomic E-state index is 11.4. The third kappa shape index (κ3) is 0.871. The Bertz CT molecular complexity index is 425. The second-order valence-corrected chi connectivity index (χ2v) is 5.40. The SMILES string of the molecule is CC(C)=C1C2C=CC1C1=CS(=O)C=C12. The summed E-state index contributed by atoms with van der Waals surface area (Å²) in [5.41, 5.74) is 5.52. The van der Waals surface area contributed by atoms with E-state index in [1.165, 1.54) is 22.3 Å². The molecule has 1 fully saturated rings. The number of rotatable bonds is 0. The Labute approximate surface area is 86.4 Å². The van der Waals surface area contributed by atoms with Crippen LogP contribution in [0.3, 0.4) is 0 Å². The summed E-state index contributed by atoms with van der Waals surface area (Å²) in [5.74, 6) is 0.866. The third-order valence-corrected chi connectivity index (χ3v) is 4.21. The van der Waals surface area contributed by atoms with E-state index in [4.69, 9.17) is 0 Å². The van der Waals surface area contributed by atoms with Gasteiger partial charge in [0, 0.05) is 22.7 Å². The van der Waals surface area contributed by atoms with Crippen LogP contribution in [0.4, 0.5) is 0 Å². The van der Waals surface area contributed by atoms with Gasteiger partial charge in [-0.15, -0.1) is 0 Å². The van der Waals surface area contributed by atoms with Gasteiger partial charge in [0.25, 0.3) is 0 Å². The van der Waals surface area contributed by atoms with Crippen molar-refractivity contribution in [3.63, 3.8) is 0 Å². The van der Waals surface area contributed by atoms with Crippen LogP contribution in [-0.2, 0) is 10.8 Å². The first-order chi connectivity index (χ1) is 6.68. The molecule has 0 aromatic carbocycles. The minimum Gasteiger partial charge on any atom is -0.250 e. The molecule has 1 nitrogen and oxygen atoms in total. The zero-order valence-electron chi connectivity index (χ0n) is 8.28. The molecular formula is C12H12OS. The molecule has 0 saturated heterocycles. The van der Waals surface area contributed by atoms with Crippen molar-refractivity contribution in [2.24, 2.45) is 11.8 Å². The largest absolute Gasteiger partial charge is 0.250 e.